The van der Waals surface area contributed by atoms with E-state index >= 15 is 0 Å². The van der Waals surface area contributed by atoms with Crippen molar-refractivity contribution in [3.05, 3.63) is 70.9 Å². The van der Waals surface area contributed by atoms with Crippen LogP contribution in [0.15, 0.2) is 70.9 Å². The average molecular weight is 365 g/mol. The highest BCUT2D eigenvalue weighted by Crippen LogP contribution is 2.50. The molecule has 0 saturated carbocycles. The number of hydrogen-bond acceptors (Lipinski definition) is 0. The van der Waals surface area contributed by atoms with Gasteiger partial charge >= 0.3 is 0 Å². The quantitative estimate of drug-likeness (QED) is 0.314. The molecule has 0 aliphatic heterocycles. The van der Waals surface area contributed by atoms with Crippen molar-refractivity contribution < 1.29 is 0 Å². The molecule has 0 N–H and O–H groups in total. The fourth-order valence-electron chi connectivity index (χ4n) is 4.30. The van der Waals surface area contributed by atoms with Crippen LogP contribution in [0, 0.1) is 22.7 Å². The van der Waals surface area contributed by atoms with E-state index in [1.807, 2.05) is 0 Å². The predicted octanol–water partition coefficient (Wildman–Crippen LogP) is 8.37. The SMILES string of the molecule is CC/C=C\C=C/C(C)C1=C(C)C(C)CC(C)=C1C/C=C\C1(C)C=CC1(C)C. The first kappa shape index (κ1) is 21.7. The Morgan fingerprint density at radius 2 is 1.81 bits per heavy atom. The van der Waals surface area contributed by atoms with Crippen molar-refractivity contribution in [1.29, 1.82) is 0 Å². The van der Waals surface area contributed by atoms with Crippen LogP contribution in [-0.4, -0.2) is 0 Å². The lowest BCUT2D eigenvalue weighted by molar-refractivity contribution is 0.226. The lowest BCUT2D eigenvalue weighted by Gasteiger charge is -2.46. The molecule has 0 aromatic rings. The molecule has 3 unspecified atom stereocenters. The third-order valence-electron chi connectivity index (χ3n) is 6.98. The Morgan fingerprint density at radius 3 is 2.37 bits per heavy atom. The summed E-state index contributed by atoms with van der Waals surface area (Å²) >= 11 is 0. The predicted molar refractivity (Wildman–Crippen MR) is 122 cm³/mol. The molecule has 2 aliphatic rings. The van der Waals surface area contributed by atoms with E-state index in [2.05, 4.69) is 104 Å². The van der Waals surface area contributed by atoms with Crippen LogP contribution in [0.3, 0.4) is 0 Å². The van der Waals surface area contributed by atoms with Crippen molar-refractivity contribution in [2.75, 3.05) is 0 Å². The first-order valence-corrected chi connectivity index (χ1v) is 10.7. The Labute approximate surface area is 168 Å². The Hall–Kier alpha value is -1.56. The second-order valence-corrected chi connectivity index (χ2v) is 9.41. The summed E-state index contributed by atoms with van der Waals surface area (Å²) in [5.41, 5.74) is 6.76. The van der Waals surface area contributed by atoms with E-state index in [-0.39, 0.29) is 10.8 Å². The van der Waals surface area contributed by atoms with E-state index < -0.39 is 0 Å². The molecule has 0 aromatic heterocycles. The minimum absolute atomic E-state index is 0.193. The van der Waals surface area contributed by atoms with Crippen LogP contribution in [0.1, 0.15) is 74.7 Å². The summed E-state index contributed by atoms with van der Waals surface area (Å²) in [6.45, 7) is 18.6. The van der Waals surface area contributed by atoms with Gasteiger partial charge in [-0.3, -0.25) is 0 Å². The van der Waals surface area contributed by atoms with Crippen molar-refractivity contribution in [3.63, 3.8) is 0 Å². The summed E-state index contributed by atoms with van der Waals surface area (Å²) in [5, 5.41) is 0. The molecule has 0 nitrogen and oxygen atoms in total. The number of allylic oxidation sites excluding steroid dienone is 12. The van der Waals surface area contributed by atoms with Gasteiger partial charge in [0.1, 0.15) is 0 Å². The highest BCUT2D eigenvalue weighted by Gasteiger charge is 2.41. The van der Waals surface area contributed by atoms with Gasteiger partial charge in [-0.1, -0.05) is 101 Å². The van der Waals surface area contributed by atoms with E-state index in [0.717, 1.165) is 12.8 Å². The molecule has 0 amide bonds. The van der Waals surface area contributed by atoms with Crippen molar-refractivity contribution in [2.45, 2.75) is 74.7 Å². The Balaban J connectivity index is 2.24. The van der Waals surface area contributed by atoms with Crippen LogP contribution in [0.4, 0.5) is 0 Å². The summed E-state index contributed by atoms with van der Waals surface area (Å²) in [5.74, 6) is 1.11. The molecule has 0 bridgehead atoms. The summed E-state index contributed by atoms with van der Waals surface area (Å²) in [7, 11) is 0. The van der Waals surface area contributed by atoms with Gasteiger partial charge < -0.3 is 0 Å². The summed E-state index contributed by atoms with van der Waals surface area (Å²) in [4.78, 5) is 0. The first-order chi connectivity index (χ1) is 12.6. The van der Waals surface area contributed by atoms with Crippen LogP contribution in [-0.2, 0) is 0 Å². The Bertz CT molecular complexity index is 717. The van der Waals surface area contributed by atoms with Gasteiger partial charge in [0.05, 0.1) is 0 Å². The molecule has 2 aliphatic carbocycles. The largest absolute Gasteiger partial charge is 0.0848 e. The molecule has 0 saturated heterocycles. The third kappa shape index (κ3) is 4.65. The van der Waals surface area contributed by atoms with Crippen molar-refractivity contribution in [3.8, 4) is 0 Å². The summed E-state index contributed by atoms with van der Waals surface area (Å²) < 4.78 is 0. The van der Waals surface area contributed by atoms with Gasteiger partial charge in [-0.2, -0.15) is 0 Å². The molecular formula is C27H40. The van der Waals surface area contributed by atoms with Gasteiger partial charge in [-0.15, -0.1) is 0 Å². The molecule has 0 fully saturated rings. The second kappa shape index (κ2) is 8.63. The van der Waals surface area contributed by atoms with E-state index in [1.165, 1.54) is 6.42 Å². The van der Waals surface area contributed by atoms with Crippen LogP contribution in [0.5, 0.6) is 0 Å². The minimum Gasteiger partial charge on any atom is -0.0848 e. The maximum absolute atomic E-state index is 2.43. The van der Waals surface area contributed by atoms with Crippen LogP contribution in [0.2, 0.25) is 0 Å². The average Bonchev–Trinajstić information content (AvgIpc) is 2.61. The standard InChI is InChI=1S/C27H40/c1-9-10-11-12-14-20(2)25-23(5)21(3)19-22(4)24(25)15-13-16-27(8)18-17-26(27,6)7/h10-14,16-18,20-21H,9,15,19H2,1-8H3/b11-10-,14-12-,16-13-. The molecule has 0 aromatic carbocycles. The monoisotopic (exact) mass is 364 g/mol. The van der Waals surface area contributed by atoms with Gasteiger partial charge in [0, 0.05) is 5.41 Å². The fourth-order valence-corrected chi connectivity index (χ4v) is 4.30. The van der Waals surface area contributed by atoms with E-state index in [1.54, 1.807) is 22.3 Å². The third-order valence-corrected chi connectivity index (χ3v) is 6.98. The van der Waals surface area contributed by atoms with E-state index in [4.69, 9.17) is 0 Å². The lowest BCUT2D eigenvalue weighted by Crippen LogP contribution is -2.37. The molecule has 27 heavy (non-hydrogen) atoms. The smallest absolute Gasteiger partial charge is 0.0119 e. The molecular weight excluding hydrogens is 324 g/mol. The second-order valence-electron chi connectivity index (χ2n) is 9.41. The summed E-state index contributed by atoms with van der Waals surface area (Å²) in [6, 6.07) is 0. The zero-order valence-corrected chi connectivity index (χ0v) is 18.9. The zero-order chi connectivity index (χ0) is 20.2. The number of hydrogen-bond donors (Lipinski definition) is 0. The highest BCUT2D eigenvalue weighted by molar-refractivity contribution is 5.46. The van der Waals surface area contributed by atoms with E-state index in [0.29, 0.717) is 11.8 Å². The highest BCUT2D eigenvalue weighted by atomic mass is 14.4. The zero-order valence-electron chi connectivity index (χ0n) is 18.9. The fraction of sp³-hybridized carbons (Fsp3) is 0.556. The maximum Gasteiger partial charge on any atom is 0.0119 e. The molecule has 3 atom stereocenters. The molecule has 0 radical (unpaired) electrons. The molecule has 148 valence electrons. The van der Waals surface area contributed by atoms with E-state index in [9.17, 15) is 0 Å². The van der Waals surface area contributed by atoms with Gasteiger partial charge in [-0.25, -0.2) is 0 Å². The summed E-state index contributed by atoms with van der Waals surface area (Å²) in [6.07, 6.45) is 21.9. The normalized spacial score (nSPS) is 29.4. The number of rotatable bonds is 7. The molecule has 2 rings (SSSR count). The van der Waals surface area contributed by atoms with Gasteiger partial charge in [0.2, 0.25) is 0 Å². The maximum atomic E-state index is 2.43. The van der Waals surface area contributed by atoms with Gasteiger partial charge in [0.15, 0.2) is 0 Å². The van der Waals surface area contributed by atoms with Gasteiger partial charge in [0.25, 0.3) is 0 Å². The van der Waals surface area contributed by atoms with Crippen molar-refractivity contribution in [2.24, 2.45) is 22.7 Å². The molecule has 0 spiro atoms. The lowest BCUT2D eigenvalue weighted by atomic mass is 9.58. The van der Waals surface area contributed by atoms with Gasteiger partial charge in [-0.05, 0) is 61.5 Å². The Kier molecular flexibility index (Phi) is 6.95. The molecule has 0 heteroatoms. The van der Waals surface area contributed by atoms with Crippen LogP contribution >= 0.6 is 0 Å². The molecule has 0 heterocycles. The van der Waals surface area contributed by atoms with Crippen molar-refractivity contribution >= 4 is 0 Å². The van der Waals surface area contributed by atoms with Crippen LogP contribution < -0.4 is 0 Å². The Morgan fingerprint density at radius 1 is 1.11 bits per heavy atom. The first-order valence-electron chi connectivity index (χ1n) is 10.7. The van der Waals surface area contributed by atoms with Crippen LogP contribution in [0.25, 0.3) is 0 Å². The topological polar surface area (TPSA) is 0 Å². The minimum atomic E-state index is 0.193. The van der Waals surface area contributed by atoms with Crippen molar-refractivity contribution in [1.82, 2.24) is 0 Å².